The van der Waals surface area contributed by atoms with Gasteiger partial charge in [-0.1, -0.05) is 43.7 Å². The fourth-order valence-corrected chi connectivity index (χ4v) is 2.57. The zero-order chi connectivity index (χ0) is 16.9. The Morgan fingerprint density at radius 3 is 2.75 bits per heavy atom. The number of carbonyl (C=O) groups is 1. The summed E-state index contributed by atoms with van der Waals surface area (Å²) < 4.78 is 5.72. The number of nitrogens with zero attached hydrogens (tertiary/aromatic N) is 1. The molecule has 122 valence electrons. The van der Waals surface area contributed by atoms with Crippen molar-refractivity contribution in [3.63, 3.8) is 0 Å². The predicted molar refractivity (Wildman–Crippen MR) is 91.9 cm³/mol. The highest BCUT2D eigenvalue weighted by Crippen LogP contribution is 2.27. The first kappa shape index (κ1) is 16.0. The summed E-state index contributed by atoms with van der Waals surface area (Å²) in [6.45, 7) is 2.77. The maximum absolute atomic E-state index is 11.5. The van der Waals surface area contributed by atoms with Gasteiger partial charge < -0.3 is 14.6 Å². The fourth-order valence-electron chi connectivity index (χ4n) is 2.57. The number of aromatic carboxylic acids is 1. The largest absolute Gasteiger partial charge is 0.545 e. The molecule has 0 fully saturated rings. The number of carbonyl (C=O) groups excluding carboxylic acids is 1. The number of para-hydroxylation sites is 1. The van der Waals surface area contributed by atoms with Crippen LogP contribution < -0.4 is 9.84 Å². The summed E-state index contributed by atoms with van der Waals surface area (Å²) in [7, 11) is 0. The average Bonchev–Trinajstić information content (AvgIpc) is 2.61. The molecule has 1 aromatic heterocycles. The Balaban J connectivity index is 2.03. The van der Waals surface area contributed by atoms with Gasteiger partial charge in [-0.3, -0.25) is 0 Å². The number of hydrogen-bond acceptors (Lipinski definition) is 4. The molecule has 0 atom stereocenters. The van der Waals surface area contributed by atoms with E-state index in [0.29, 0.717) is 23.2 Å². The minimum Gasteiger partial charge on any atom is -0.545 e. The SMILES string of the molecule is CCCCOc1cccc(-c2cc(C(=O)[O-])c3ccccc3n2)c1. The van der Waals surface area contributed by atoms with Crippen LogP contribution in [0.25, 0.3) is 22.2 Å². The smallest absolute Gasteiger partial charge is 0.119 e. The number of unbranched alkanes of at least 4 members (excludes halogenated alkanes) is 1. The van der Waals surface area contributed by atoms with E-state index in [1.165, 1.54) is 0 Å². The van der Waals surface area contributed by atoms with Gasteiger partial charge in [-0.15, -0.1) is 0 Å². The minimum absolute atomic E-state index is 0.146. The summed E-state index contributed by atoms with van der Waals surface area (Å²) in [5.74, 6) is -0.448. The molecule has 0 N–H and O–H groups in total. The Hall–Kier alpha value is -2.88. The fraction of sp³-hybridized carbons (Fsp3) is 0.200. The van der Waals surface area contributed by atoms with Crippen molar-refractivity contribution in [1.29, 1.82) is 0 Å². The molecule has 2 aromatic carbocycles. The number of ether oxygens (including phenoxy) is 1. The number of carboxylic acid groups (broad SMARTS) is 1. The zero-order valence-corrected chi connectivity index (χ0v) is 13.5. The lowest BCUT2D eigenvalue weighted by Crippen LogP contribution is -2.22. The van der Waals surface area contributed by atoms with E-state index in [1.54, 1.807) is 24.3 Å². The first-order valence-corrected chi connectivity index (χ1v) is 8.03. The maximum Gasteiger partial charge on any atom is 0.119 e. The Morgan fingerprint density at radius 1 is 1.12 bits per heavy atom. The molecule has 0 aliphatic rings. The maximum atomic E-state index is 11.5. The number of rotatable bonds is 6. The number of aromatic nitrogens is 1. The second kappa shape index (κ2) is 7.13. The van der Waals surface area contributed by atoms with Gasteiger partial charge in [0.2, 0.25) is 0 Å². The van der Waals surface area contributed by atoms with E-state index >= 15 is 0 Å². The lowest BCUT2D eigenvalue weighted by molar-refractivity contribution is -0.254. The third kappa shape index (κ3) is 3.38. The van der Waals surface area contributed by atoms with E-state index in [2.05, 4.69) is 11.9 Å². The molecule has 3 rings (SSSR count). The summed E-state index contributed by atoms with van der Waals surface area (Å²) in [6.07, 6.45) is 2.06. The van der Waals surface area contributed by atoms with Crippen LogP contribution >= 0.6 is 0 Å². The Bertz CT molecular complexity index is 874. The van der Waals surface area contributed by atoms with Crippen LogP contribution in [0.3, 0.4) is 0 Å². The molecule has 0 radical (unpaired) electrons. The van der Waals surface area contributed by atoms with Crippen LogP contribution in [0, 0.1) is 0 Å². The van der Waals surface area contributed by atoms with Crippen LogP contribution in [0.1, 0.15) is 30.1 Å². The quantitative estimate of drug-likeness (QED) is 0.653. The van der Waals surface area contributed by atoms with Gasteiger partial charge in [0.1, 0.15) is 5.75 Å². The molecule has 0 unspecified atom stereocenters. The molecule has 4 heteroatoms. The zero-order valence-electron chi connectivity index (χ0n) is 13.5. The molecule has 0 aliphatic carbocycles. The molecule has 0 spiro atoms. The molecule has 0 aliphatic heterocycles. The monoisotopic (exact) mass is 320 g/mol. The van der Waals surface area contributed by atoms with E-state index in [4.69, 9.17) is 4.74 Å². The average molecular weight is 320 g/mol. The molecule has 24 heavy (non-hydrogen) atoms. The molecule has 1 heterocycles. The Labute approximate surface area is 140 Å². The summed E-state index contributed by atoms with van der Waals surface area (Å²) in [6, 6.07) is 16.3. The van der Waals surface area contributed by atoms with Gasteiger partial charge >= 0.3 is 0 Å². The third-order valence-electron chi connectivity index (χ3n) is 3.83. The minimum atomic E-state index is -1.20. The van der Waals surface area contributed by atoms with Crippen LogP contribution in [-0.4, -0.2) is 17.6 Å². The van der Waals surface area contributed by atoms with Gasteiger partial charge in [0.15, 0.2) is 0 Å². The van der Waals surface area contributed by atoms with Gasteiger partial charge in [0.05, 0.1) is 23.8 Å². The molecule has 0 saturated heterocycles. The number of hydrogen-bond donors (Lipinski definition) is 0. The first-order chi connectivity index (χ1) is 11.7. The molecule has 0 bridgehead atoms. The van der Waals surface area contributed by atoms with E-state index < -0.39 is 5.97 Å². The van der Waals surface area contributed by atoms with Gasteiger partial charge in [-0.2, -0.15) is 0 Å². The Morgan fingerprint density at radius 2 is 1.96 bits per heavy atom. The van der Waals surface area contributed by atoms with Crippen molar-refractivity contribution < 1.29 is 14.6 Å². The van der Waals surface area contributed by atoms with E-state index in [1.807, 2.05) is 30.3 Å². The number of fused-ring (bicyclic) bond motifs is 1. The van der Waals surface area contributed by atoms with E-state index in [-0.39, 0.29) is 5.56 Å². The number of carboxylic acids is 1. The summed E-state index contributed by atoms with van der Waals surface area (Å²) >= 11 is 0. The van der Waals surface area contributed by atoms with Crippen molar-refractivity contribution >= 4 is 16.9 Å². The van der Waals surface area contributed by atoms with Gasteiger partial charge in [-0.05, 0) is 30.7 Å². The van der Waals surface area contributed by atoms with Crippen molar-refractivity contribution in [2.45, 2.75) is 19.8 Å². The second-order valence-electron chi connectivity index (χ2n) is 5.59. The topological polar surface area (TPSA) is 62.2 Å². The molecule has 0 saturated carbocycles. The van der Waals surface area contributed by atoms with Crippen molar-refractivity contribution in [1.82, 2.24) is 4.98 Å². The van der Waals surface area contributed by atoms with Crippen LogP contribution in [0.15, 0.2) is 54.6 Å². The van der Waals surface area contributed by atoms with E-state index in [0.717, 1.165) is 24.2 Å². The van der Waals surface area contributed by atoms with Crippen LogP contribution in [-0.2, 0) is 0 Å². The Kier molecular flexibility index (Phi) is 4.75. The lowest BCUT2D eigenvalue weighted by Gasteiger charge is -2.11. The highest BCUT2D eigenvalue weighted by atomic mass is 16.5. The van der Waals surface area contributed by atoms with Gasteiger partial charge in [0, 0.05) is 16.5 Å². The normalized spacial score (nSPS) is 10.7. The van der Waals surface area contributed by atoms with Crippen molar-refractivity contribution in [3.05, 3.63) is 60.2 Å². The first-order valence-electron chi connectivity index (χ1n) is 8.03. The molecular weight excluding hydrogens is 302 g/mol. The lowest BCUT2D eigenvalue weighted by atomic mass is 10.0. The van der Waals surface area contributed by atoms with Gasteiger partial charge in [0.25, 0.3) is 0 Å². The summed E-state index contributed by atoms with van der Waals surface area (Å²) in [4.78, 5) is 16.1. The van der Waals surface area contributed by atoms with E-state index in [9.17, 15) is 9.90 Å². The highest BCUT2D eigenvalue weighted by molar-refractivity contribution is 6.02. The number of pyridine rings is 1. The highest BCUT2D eigenvalue weighted by Gasteiger charge is 2.09. The van der Waals surface area contributed by atoms with Gasteiger partial charge in [-0.25, -0.2) is 4.98 Å². The summed E-state index contributed by atoms with van der Waals surface area (Å²) in [5.41, 5.74) is 2.19. The molecule has 0 amide bonds. The van der Waals surface area contributed by atoms with Crippen LogP contribution in [0.4, 0.5) is 0 Å². The van der Waals surface area contributed by atoms with Crippen molar-refractivity contribution in [2.24, 2.45) is 0 Å². The second-order valence-corrected chi connectivity index (χ2v) is 5.59. The van der Waals surface area contributed by atoms with Crippen molar-refractivity contribution in [2.75, 3.05) is 6.61 Å². The summed E-state index contributed by atoms with van der Waals surface area (Å²) in [5, 5.41) is 12.1. The standard InChI is InChI=1S/C20H19NO3/c1-2-3-11-24-15-8-6-7-14(12-15)19-13-17(20(22)23)16-9-4-5-10-18(16)21-19/h4-10,12-13H,2-3,11H2,1H3,(H,22,23)/p-1. The molecular formula is C20H18NO3-. The third-order valence-corrected chi connectivity index (χ3v) is 3.83. The number of benzene rings is 2. The van der Waals surface area contributed by atoms with Crippen molar-refractivity contribution in [3.8, 4) is 17.0 Å². The van der Waals surface area contributed by atoms with Crippen LogP contribution in [0.2, 0.25) is 0 Å². The molecule has 4 nitrogen and oxygen atoms in total. The molecule has 3 aromatic rings. The van der Waals surface area contributed by atoms with Crippen LogP contribution in [0.5, 0.6) is 5.75 Å². The predicted octanol–water partition coefficient (Wildman–Crippen LogP) is 3.44.